The van der Waals surface area contributed by atoms with Gasteiger partial charge in [-0.15, -0.1) is 0 Å². The summed E-state index contributed by atoms with van der Waals surface area (Å²) >= 11 is 0. The van der Waals surface area contributed by atoms with Crippen molar-refractivity contribution in [2.75, 3.05) is 26.9 Å². The number of methoxy groups -OCH3 is 1. The fourth-order valence-corrected chi connectivity index (χ4v) is 3.72. The molecule has 0 unspecified atom stereocenters. The molecule has 3 aromatic rings. The molecule has 1 N–H and O–H groups in total. The monoisotopic (exact) mass is 392 g/mol. The molecule has 1 fully saturated rings. The van der Waals surface area contributed by atoms with Crippen LogP contribution in [0, 0.1) is 0 Å². The van der Waals surface area contributed by atoms with Crippen LogP contribution in [-0.4, -0.2) is 52.9 Å². The first-order valence-electron chi connectivity index (χ1n) is 9.74. The van der Waals surface area contributed by atoms with Gasteiger partial charge in [-0.3, -0.25) is 14.9 Å². The normalized spacial score (nSPS) is 16.2. The predicted octanol–water partition coefficient (Wildman–Crippen LogP) is 3.47. The SMILES string of the molecule is COCCOc1ccc(C(=O)N2CCC[C@H]2c2[nH]ncc2-c2ccncc2)cc1. The van der Waals surface area contributed by atoms with Crippen molar-refractivity contribution < 1.29 is 14.3 Å². The van der Waals surface area contributed by atoms with Crippen LogP contribution in [0.5, 0.6) is 5.75 Å². The van der Waals surface area contributed by atoms with Crippen LogP contribution in [0.25, 0.3) is 11.1 Å². The van der Waals surface area contributed by atoms with E-state index in [2.05, 4.69) is 15.2 Å². The number of ether oxygens (including phenoxy) is 2. The molecule has 1 aliphatic heterocycles. The van der Waals surface area contributed by atoms with Crippen LogP contribution in [-0.2, 0) is 4.74 Å². The zero-order valence-corrected chi connectivity index (χ0v) is 16.4. The number of rotatable bonds is 7. The molecule has 4 rings (SSSR count). The topological polar surface area (TPSA) is 80.3 Å². The number of hydrogen-bond acceptors (Lipinski definition) is 5. The maximum absolute atomic E-state index is 13.2. The Balaban J connectivity index is 1.52. The highest BCUT2D eigenvalue weighted by Gasteiger charge is 2.33. The zero-order chi connectivity index (χ0) is 20.1. The highest BCUT2D eigenvalue weighted by Crippen LogP contribution is 2.37. The van der Waals surface area contributed by atoms with Crippen molar-refractivity contribution in [2.24, 2.45) is 0 Å². The second-order valence-electron chi connectivity index (χ2n) is 6.96. The van der Waals surface area contributed by atoms with Gasteiger partial charge < -0.3 is 14.4 Å². The minimum absolute atomic E-state index is 0.0196. The lowest BCUT2D eigenvalue weighted by atomic mass is 10.0. The average Bonchev–Trinajstić information content (AvgIpc) is 3.44. The van der Waals surface area contributed by atoms with Gasteiger partial charge in [-0.1, -0.05) is 0 Å². The van der Waals surface area contributed by atoms with Gasteiger partial charge in [0.25, 0.3) is 5.91 Å². The van der Waals surface area contributed by atoms with Crippen molar-refractivity contribution in [3.05, 3.63) is 66.2 Å². The van der Waals surface area contributed by atoms with E-state index in [0.29, 0.717) is 18.8 Å². The van der Waals surface area contributed by atoms with Gasteiger partial charge in [0, 0.05) is 37.2 Å². The number of nitrogens with one attached hydrogen (secondary N) is 1. The van der Waals surface area contributed by atoms with Crippen LogP contribution in [0.2, 0.25) is 0 Å². The summed E-state index contributed by atoms with van der Waals surface area (Å²) < 4.78 is 10.6. The van der Waals surface area contributed by atoms with Crippen molar-refractivity contribution in [3.63, 3.8) is 0 Å². The van der Waals surface area contributed by atoms with Crippen molar-refractivity contribution in [3.8, 4) is 16.9 Å². The number of nitrogens with zero attached hydrogens (tertiary/aromatic N) is 3. The Kier molecular flexibility index (Phi) is 5.86. The largest absolute Gasteiger partial charge is 0.491 e. The Labute approximate surface area is 169 Å². The van der Waals surface area contributed by atoms with Crippen molar-refractivity contribution in [2.45, 2.75) is 18.9 Å². The molecule has 1 aromatic carbocycles. The summed E-state index contributed by atoms with van der Waals surface area (Å²) in [6.07, 6.45) is 7.21. The standard InChI is InChI=1S/C22H24N4O3/c1-28-13-14-29-18-6-4-17(5-7-18)22(27)26-12-2-3-20(26)21-19(15-24-25-21)16-8-10-23-11-9-16/h4-11,15,20H,2-3,12-14H2,1H3,(H,24,25)/t20-/m0/s1. The zero-order valence-electron chi connectivity index (χ0n) is 16.4. The quantitative estimate of drug-likeness (QED) is 0.623. The number of benzene rings is 1. The minimum Gasteiger partial charge on any atom is -0.491 e. The third-order valence-electron chi connectivity index (χ3n) is 5.16. The fourth-order valence-electron chi connectivity index (χ4n) is 3.72. The lowest BCUT2D eigenvalue weighted by Gasteiger charge is -2.25. The molecule has 0 spiro atoms. The Bertz CT molecular complexity index is 940. The minimum atomic E-state index is -0.0224. The Morgan fingerprint density at radius 3 is 2.72 bits per heavy atom. The van der Waals surface area contributed by atoms with Crippen molar-refractivity contribution in [1.29, 1.82) is 0 Å². The van der Waals surface area contributed by atoms with Crippen LogP contribution >= 0.6 is 0 Å². The van der Waals surface area contributed by atoms with E-state index in [1.165, 1.54) is 0 Å². The molecule has 2 aromatic heterocycles. The number of hydrogen-bond donors (Lipinski definition) is 1. The molecule has 0 radical (unpaired) electrons. The van der Waals surface area contributed by atoms with E-state index in [4.69, 9.17) is 9.47 Å². The number of carbonyl (C=O) groups excluding carboxylic acids is 1. The molecule has 0 aliphatic carbocycles. The number of likely N-dealkylation sites (tertiary alicyclic amines) is 1. The second kappa shape index (κ2) is 8.87. The molecule has 29 heavy (non-hydrogen) atoms. The van der Waals surface area contributed by atoms with Crippen LogP contribution in [0.3, 0.4) is 0 Å². The molecule has 1 amide bonds. The highest BCUT2D eigenvalue weighted by molar-refractivity contribution is 5.95. The van der Waals surface area contributed by atoms with Crippen LogP contribution < -0.4 is 4.74 Å². The van der Waals surface area contributed by atoms with Gasteiger partial charge in [0.1, 0.15) is 12.4 Å². The van der Waals surface area contributed by atoms with E-state index in [9.17, 15) is 4.79 Å². The maximum Gasteiger partial charge on any atom is 0.254 e. The summed E-state index contributed by atoms with van der Waals surface area (Å²) in [4.78, 5) is 19.2. The van der Waals surface area contributed by atoms with Crippen LogP contribution in [0.1, 0.15) is 34.9 Å². The molecule has 3 heterocycles. The van der Waals surface area contributed by atoms with Crippen LogP contribution in [0.4, 0.5) is 0 Å². The third-order valence-corrected chi connectivity index (χ3v) is 5.16. The molecule has 1 saturated heterocycles. The van der Waals surface area contributed by atoms with Gasteiger partial charge in [0.05, 0.1) is 24.5 Å². The average molecular weight is 392 g/mol. The highest BCUT2D eigenvalue weighted by atomic mass is 16.5. The Morgan fingerprint density at radius 2 is 1.97 bits per heavy atom. The maximum atomic E-state index is 13.2. The van der Waals surface area contributed by atoms with E-state index >= 15 is 0 Å². The molecule has 7 nitrogen and oxygen atoms in total. The molecule has 1 atom stereocenters. The first kappa shape index (κ1) is 19.1. The van der Waals surface area contributed by atoms with E-state index < -0.39 is 0 Å². The smallest absolute Gasteiger partial charge is 0.254 e. The summed E-state index contributed by atoms with van der Waals surface area (Å²) in [6.45, 7) is 1.74. The number of carbonyl (C=O) groups is 1. The van der Waals surface area contributed by atoms with E-state index in [1.54, 1.807) is 19.5 Å². The summed E-state index contributed by atoms with van der Waals surface area (Å²) in [5, 5.41) is 7.37. The summed E-state index contributed by atoms with van der Waals surface area (Å²) in [5.41, 5.74) is 3.68. The third kappa shape index (κ3) is 4.14. The Hall–Kier alpha value is -3.19. The summed E-state index contributed by atoms with van der Waals surface area (Å²) in [6, 6.07) is 11.2. The van der Waals surface area contributed by atoms with Crippen molar-refractivity contribution in [1.82, 2.24) is 20.1 Å². The van der Waals surface area contributed by atoms with Gasteiger partial charge in [-0.05, 0) is 54.8 Å². The van der Waals surface area contributed by atoms with Gasteiger partial charge in [-0.2, -0.15) is 5.10 Å². The van der Waals surface area contributed by atoms with Gasteiger partial charge >= 0.3 is 0 Å². The molecule has 0 saturated carbocycles. The molecule has 150 valence electrons. The lowest BCUT2D eigenvalue weighted by molar-refractivity contribution is 0.0733. The summed E-state index contributed by atoms with van der Waals surface area (Å²) in [5.74, 6) is 0.747. The number of aromatic amines is 1. The van der Waals surface area contributed by atoms with E-state index in [0.717, 1.165) is 42.0 Å². The van der Waals surface area contributed by atoms with E-state index in [-0.39, 0.29) is 11.9 Å². The van der Waals surface area contributed by atoms with Crippen LogP contribution in [0.15, 0.2) is 55.0 Å². The number of aromatic nitrogens is 3. The fraction of sp³-hybridized carbons (Fsp3) is 0.318. The molecule has 7 heteroatoms. The lowest BCUT2D eigenvalue weighted by Crippen LogP contribution is -2.31. The molecule has 0 bridgehead atoms. The summed E-state index contributed by atoms with van der Waals surface area (Å²) in [7, 11) is 1.64. The molecule has 1 aliphatic rings. The predicted molar refractivity (Wildman–Crippen MR) is 109 cm³/mol. The number of H-pyrrole nitrogens is 1. The molecular weight excluding hydrogens is 368 g/mol. The number of pyridine rings is 1. The second-order valence-corrected chi connectivity index (χ2v) is 6.96. The van der Waals surface area contributed by atoms with Gasteiger partial charge in [0.2, 0.25) is 0 Å². The van der Waals surface area contributed by atoms with Crippen molar-refractivity contribution >= 4 is 5.91 Å². The first-order valence-corrected chi connectivity index (χ1v) is 9.74. The first-order chi connectivity index (χ1) is 14.3. The van der Waals surface area contributed by atoms with E-state index in [1.807, 2.05) is 47.5 Å². The van der Waals surface area contributed by atoms with Gasteiger partial charge in [-0.25, -0.2) is 0 Å². The number of amides is 1. The Morgan fingerprint density at radius 1 is 1.17 bits per heavy atom. The molecular formula is C22H24N4O3. The van der Waals surface area contributed by atoms with Gasteiger partial charge in [0.15, 0.2) is 0 Å².